The van der Waals surface area contributed by atoms with Crippen molar-refractivity contribution in [2.45, 2.75) is 26.0 Å². The lowest BCUT2D eigenvalue weighted by atomic mass is 10.4. The molecule has 1 heterocycles. The average Bonchev–Trinajstić information content (AvgIpc) is 2.62. The molecule has 102 valence electrons. The third-order valence-electron chi connectivity index (χ3n) is 2.18. The van der Waals surface area contributed by atoms with Crippen LogP contribution in [0.2, 0.25) is 0 Å². The van der Waals surface area contributed by atoms with Crippen LogP contribution in [0.5, 0.6) is 0 Å². The molecule has 0 saturated heterocycles. The van der Waals surface area contributed by atoms with Crippen molar-refractivity contribution in [1.29, 1.82) is 0 Å². The number of carbonyl (C=O) groups is 1. The van der Waals surface area contributed by atoms with Gasteiger partial charge in [0.2, 0.25) is 10.0 Å². The van der Waals surface area contributed by atoms with Gasteiger partial charge in [-0.15, -0.1) is 0 Å². The monoisotopic (exact) mass is 276 g/mol. The Balaban J connectivity index is 2.84. The Kier molecular flexibility index (Phi) is 4.85. The Labute approximate surface area is 105 Å². The Hall–Kier alpha value is -1.41. The molecule has 0 amide bonds. The summed E-state index contributed by atoms with van der Waals surface area (Å²) in [6, 6.07) is 1.52. The van der Waals surface area contributed by atoms with Gasteiger partial charge in [0.1, 0.15) is 12.3 Å². The summed E-state index contributed by atoms with van der Waals surface area (Å²) in [6.45, 7) is 3.09. The fourth-order valence-electron chi connectivity index (χ4n) is 1.47. The third kappa shape index (κ3) is 4.11. The maximum Gasteiger partial charge on any atom is 0.318 e. The topological polar surface area (TPSA) is 101 Å². The molecular formula is C10H16N2O5S. The smallest absolute Gasteiger partial charge is 0.318 e. The zero-order valence-corrected chi connectivity index (χ0v) is 11.1. The Morgan fingerprint density at radius 3 is 2.67 bits per heavy atom. The van der Waals surface area contributed by atoms with Crippen LogP contribution in [0.3, 0.4) is 0 Å². The van der Waals surface area contributed by atoms with Gasteiger partial charge < -0.3 is 9.63 Å². The predicted octanol–water partition coefficient (Wildman–Crippen LogP) is 0.609. The molecule has 1 aromatic heterocycles. The first-order valence-corrected chi connectivity index (χ1v) is 7.08. The highest BCUT2D eigenvalue weighted by Crippen LogP contribution is 2.12. The second-order valence-electron chi connectivity index (χ2n) is 3.92. The van der Waals surface area contributed by atoms with Gasteiger partial charge in [0.15, 0.2) is 5.76 Å². The van der Waals surface area contributed by atoms with Crippen LogP contribution in [-0.4, -0.2) is 42.0 Å². The van der Waals surface area contributed by atoms with E-state index in [1.54, 1.807) is 13.8 Å². The van der Waals surface area contributed by atoms with E-state index in [1.165, 1.54) is 6.07 Å². The molecule has 0 spiro atoms. The number of hydrogen-bond donors (Lipinski definition) is 1. The number of carboxylic acid groups (broad SMARTS) is 1. The summed E-state index contributed by atoms with van der Waals surface area (Å²) in [6.07, 6.45) is 0.544. The second kappa shape index (κ2) is 5.96. The standard InChI is InChI=1S/C10H16N2O5S/c1-3-4-12(6-10(13)14)18(15,16)7-9-5-8(2)11-17-9/h5H,3-4,6-7H2,1-2H3,(H,13,14). The first kappa shape index (κ1) is 14.7. The summed E-state index contributed by atoms with van der Waals surface area (Å²) in [5.74, 6) is -1.35. The van der Waals surface area contributed by atoms with Crippen molar-refractivity contribution in [3.05, 3.63) is 17.5 Å². The summed E-state index contributed by atoms with van der Waals surface area (Å²) in [4.78, 5) is 10.6. The van der Waals surface area contributed by atoms with Gasteiger partial charge in [0.05, 0.1) is 5.69 Å². The number of aromatic nitrogens is 1. The molecule has 1 rings (SSSR count). The number of hydrogen-bond acceptors (Lipinski definition) is 5. The lowest BCUT2D eigenvalue weighted by Gasteiger charge is -2.18. The molecule has 0 unspecified atom stereocenters. The van der Waals surface area contributed by atoms with E-state index < -0.39 is 22.5 Å². The number of aliphatic carboxylic acids is 1. The van der Waals surface area contributed by atoms with Crippen molar-refractivity contribution in [2.75, 3.05) is 13.1 Å². The van der Waals surface area contributed by atoms with Crippen molar-refractivity contribution in [1.82, 2.24) is 9.46 Å². The molecule has 0 bridgehead atoms. The highest BCUT2D eigenvalue weighted by molar-refractivity contribution is 7.88. The minimum Gasteiger partial charge on any atom is -0.480 e. The molecule has 0 aliphatic heterocycles. The fraction of sp³-hybridized carbons (Fsp3) is 0.600. The molecule has 1 aromatic rings. The highest BCUT2D eigenvalue weighted by Gasteiger charge is 2.25. The number of carboxylic acids is 1. The Morgan fingerprint density at radius 1 is 1.56 bits per heavy atom. The van der Waals surface area contributed by atoms with E-state index in [0.717, 1.165) is 4.31 Å². The summed E-state index contributed by atoms with van der Waals surface area (Å²) >= 11 is 0. The minimum atomic E-state index is -3.70. The highest BCUT2D eigenvalue weighted by atomic mass is 32.2. The van der Waals surface area contributed by atoms with Crippen LogP contribution in [0.1, 0.15) is 24.8 Å². The zero-order chi connectivity index (χ0) is 13.8. The summed E-state index contributed by atoms with van der Waals surface area (Å²) in [5, 5.41) is 12.3. The Bertz CT molecular complexity index is 508. The van der Waals surface area contributed by atoms with E-state index in [4.69, 9.17) is 9.63 Å². The molecule has 8 heteroatoms. The van der Waals surface area contributed by atoms with Gasteiger partial charge in [-0.25, -0.2) is 8.42 Å². The van der Waals surface area contributed by atoms with Crippen molar-refractivity contribution in [3.63, 3.8) is 0 Å². The average molecular weight is 276 g/mol. The number of nitrogens with zero attached hydrogens (tertiary/aromatic N) is 2. The maximum atomic E-state index is 12.0. The van der Waals surface area contributed by atoms with Gasteiger partial charge in [-0.3, -0.25) is 4.79 Å². The molecule has 0 aromatic carbocycles. The first-order chi connectivity index (χ1) is 8.35. The summed E-state index contributed by atoms with van der Waals surface area (Å²) < 4.78 is 29.8. The summed E-state index contributed by atoms with van der Waals surface area (Å²) in [7, 11) is -3.70. The fourth-order valence-corrected chi connectivity index (χ4v) is 2.92. The van der Waals surface area contributed by atoms with Crippen molar-refractivity contribution < 1.29 is 22.8 Å². The molecule has 18 heavy (non-hydrogen) atoms. The molecule has 7 nitrogen and oxygen atoms in total. The molecule has 0 aliphatic carbocycles. The largest absolute Gasteiger partial charge is 0.480 e. The lowest BCUT2D eigenvalue weighted by molar-refractivity contribution is -0.137. The number of sulfonamides is 1. The number of rotatable bonds is 7. The second-order valence-corrected chi connectivity index (χ2v) is 5.89. The first-order valence-electron chi connectivity index (χ1n) is 5.47. The van der Waals surface area contributed by atoms with Crippen molar-refractivity contribution in [3.8, 4) is 0 Å². The minimum absolute atomic E-state index is 0.168. The maximum absolute atomic E-state index is 12.0. The normalized spacial score (nSPS) is 11.9. The van der Waals surface area contributed by atoms with Crippen LogP contribution < -0.4 is 0 Å². The van der Waals surface area contributed by atoms with Crippen LogP contribution in [-0.2, 0) is 20.6 Å². The number of aryl methyl sites for hydroxylation is 1. The molecule has 0 atom stereocenters. The Morgan fingerprint density at radius 2 is 2.22 bits per heavy atom. The third-order valence-corrected chi connectivity index (χ3v) is 3.93. The van der Waals surface area contributed by atoms with Gasteiger partial charge in [0, 0.05) is 12.6 Å². The van der Waals surface area contributed by atoms with Gasteiger partial charge in [-0.2, -0.15) is 4.31 Å². The summed E-state index contributed by atoms with van der Waals surface area (Å²) in [5.41, 5.74) is 0.584. The zero-order valence-electron chi connectivity index (χ0n) is 10.3. The van der Waals surface area contributed by atoms with E-state index >= 15 is 0 Å². The molecular weight excluding hydrogens is 260 g/mol. The van der Waals surface area contributed by atoms with Crippen molar-refractivity contribution in [2.24, 2.45) is 0 Å². The molecule has 1 N–H and O–H groups in total. The molecule has 0 radical (unpaired) electrons. The van der Waals surface area contributed by atoms with E-state index in [2.05, 4.69) is 5.16 Å². The molecule has 0 fully saturated rings. The van der Waals surface area contributed by atoms with Crippen molar-refractivity contribution >= 4 is 16.0 Å². The molecule has 0 aliphatic rings. The van der Waals surface area contributed by atoms with E-state index in [9.17, 15) is 13.2 Å². The predicted molar refractivity (Wildman–Crippen MR) is 63.4 cm³/mol. The SMILES string of the molecule is CCCN(CC(=O)O)S(=O)(=O)Cc1cc(C)no1. The van der Waals surface area contributed by atoms with Crippen LogP contribution in [0, 0.1) is 6.92 Å². The quantitative estimate of drug-likeness (QED) is 0.783. The molecule has 0 saturated carbocycles. The van der Waals surface area contributed by atoms with Gasteiger partial charge in [0.25, 0.3) is 0 Å². The van der Waals surface area contributed by atoms with E-state index in [-0.39, 0.29) is 18.1 Å². The van der Waals surface area contributed by atoms with Gasteiger partial charge in [-0.05, 0) is 13.3 Å². The van der Waals surface area contributed by atoms with E-state index in [1.807, 2.05) is 0 Å². The van der Waals surface area contributed by atoms with Crippen LogP contribution in [0.4, 0.5) is 0 Å². The lowest BCUT2D eigenvalue weighted by Crippen LogP contribution is -2.37. The van der Waals surface area contributed by atoms with Crippen LogP contribution >= 0.6 is 0 Å². The van der Waals surface area contributed by atoms with Gasteiger partial charge in [-0.1, -0.05) is 12.1 Å². The van der Waals surface area contributed by atoms with Crippen LogP contribution in [0.15, 0.2) is 10.6 Å². The van der Waals surface area contributed by atoms with E-state index in [0.29, 0.717) is 12.1 Å². The van der Waals surface area contributed by atoms with Gasteiger partial charge >= 0.3 is 5.97 Å². The van der Waals surface area contributed by atoms with Crippen LogP contribution in [0.25, 0.3) is 0 Å².